The Hall–Kier alpha value is -2.82. The number of carbonyl (C=O) groups excluding carboxylic acids is 2. The van der Waals surface area contributed by atoms with Crippen molar-refractivity contribution in [1.29, 1.82) is 0 Å². The van der Waals surface area contributed by atoms with Crippen LogP contribution in [0.2, 0.25) is 10.0 Å². The normalized spacial score (nSPS) is 11.8. The van der Waals surface area contributed by atoms with Gasteiger partial charge in [-0.2, -0.15) is 0 Å². The van der Waals surface area contributed by atoms with E-state index < -0.39 is 6.04 Å². The topological polar surface area (TPSA) is 49.4 Å². The van der Waals surface area contributed by atoms with Crippen molar-refractivity contribution in [2.75, 3.05) is 6.54 Å². The summed E-state index contributed by atoms with van der Waals surface area (Å²) >= 11 is 13.0. The summed E-state index contributed by atoms with van der Waals surface area (Å²) in [5.74, 6) is -0.0699. The average Bonchev–Trinajstić information content (AvgIpc) is 2.83. The van der Waals surface area contributed by atoms with Crippen molar-refractivity contribution in [2.24, 2.45) is 5.92 Å². The van der Waals surface area contributed by atoms with Crippen LogP contribution < -0.4 is 5.32 Å². The van der Waals surface area contributed by atoms with E-state index in [1.165, 1.54) is 0 Å². The predicted molar refractivity (Wildman–Crippen MR) is 144 cm³/mol. The minimum absolute atomic E-state index is 0.135. The second-order valence-corrected chi connectivity index (χ2v) is 10.0. The van der Waals surface area contributed by atoms with E-state index in [-0.39, 0.29) is 30.7 Å². The molecule has 0 saturated carbocycles. The maximum atomic E-state index is 13.8. The van der Waals surface area contributed by atoms with E-state index in [1.54, 1.807) is 23.1 Å². The molecule has 4 nitrogen and oxygen atoms in total. The second-order valence-electron chi connectivity index (χ2n) is 9.23. The summed E-state index contributed by atoms with van der Waals surface area (Å²) in [6.07, 6.45) is 0.553. The van der Waals surface area contributed by atoms with Crippen LogP contribution in [0.1, 0.15) is 36.1 Å². The molecular formula is C29H32Cl2N2O2. The van der Waals surface area contributed by atoms with Gasteiger partial charge in [0.15, 0.2) is 0 Å². The molecule has 6 heteroatoms. The van der Waals surface area contributed by atoms with Crippen LogP contribution in [-0.4, -0.2) is 29.3 Å². The molecule has 2 amide bonds. The van der Waals surface area contributed by atoms with Gasteiger partial charge in [0.25, 0.3) is 0 Å². The molecule has 1 atom stereocenters. The van der Waals surface area contributed by atoms with E-state index in [2.05, 4.69) is 5.32 Å². The molecule has 0 radical (unpaired) electrons. The first kappa shape index (κ1) is 26.8. The minimum Gasteiger partial charge on any atom is -0.354 e. The fourth-order valence-corrected chi connectivity index (χ4v) is 4.33. The Morgan fingerprint density at radius 3 is 2.09 bits per heavy atom. The molecule has 0 aliphatic heterocycles. The molecule has 3 rings (SSSR count). The molecule has 0 aliphatic rings. The number of hydrogen-bond donors (Lipinski definition) is 1. The van der Waals surface area contributed by atoms with Crippen molar-refractivity contribution in [3.05, 3.63) is 105 Å². The maximum absolute atomic E-state index is 13.8. The summed E-state index contributed by atoms with van der Waals surface area (Å²) in [4.78, 5) is 28.9. The van der Waals surface area contributed by atoms with Crippen LogP contribution in [0.3, 0.4) is 0 Å². The van der Waals surface area contributed by atoms with E-state index in [9.17, 15) is 9.59 Å². The van der Waals surface area contributed by atoms with E-state index in [4.69, 9.17) is 23.2 Å². The lowest BCUT2D eigenvalue weighted by atomic mass is 10.0. The number of nitrogens with zero attached hydrogens (tertiary/aromatic N) is 1. The number of amides is 2. The molecule has 3 aromatic carbocycles. The first-order valence-electron chi connectivity index (χ1n) is 11.8. The van der Waals surface area contributed by atoms with Crippen LogP contribution >= 0.6 is 23.2 Å². The number of benzene rings is 3. The third-order valence-corrected chi connectivity index (χ3v) is 6.53. The van der Waals surface area contributed by atoms with Gasteiger partial charge in [-0.3, -0.25) is 9.59 Å². The van der Waals surface area contributed by atoms with Gasteiger partial charge in [-0.25, -0.2) is 0 Å². The zero-order valence-corrected chi connectivity index (χ0v) is 21.9. The summed E-state index contributed by atoms with van der Waals surface area (Å²) < 4.78 is 0. The molecule has 0 fully saturated rings. The van der Waals surface area contributed by atoms with E-state index in [0.717, 1.165) is 16.7 Å². The van der Waals surface area contributed by atoms with E-state index >= 15 is 0 Å². The molecule has 35 heavy (non-hydrogen) atoms. The molecule has 184 valence electrons. The average molecular weight is 511 g/mol. The molecular weight excluding hydrogens is 479 g/mol. The van der Waals surface area contributed by atoms with Crippen molar-refractivity contribution < 1.29 is 9.59 Å². The van der Waals surface area contributed by atoms with Crippen LogP contribution in [0, 0.1) is 12.8 Å². The number of carbonyl (C=O) groups is 2. The van der Waals surface area contributed by atoms with Crippen molar-refractivity contribution in [2.45, 2.75) is 46.2 Å². The third kappa shape index (κ3) is 7.84. The van der Waals surface area contributed by atoms with Crippen LogP contribution in [0.15, 0.2) is 72.8 Å². The molecule has 0 spiro atoms. The van der Waals surface area contributed by atoms with Crippen LogP contribution in [0.4, 0.5) is 0 Å². The minimum atomic E-state index is -0.721. The molecule has 1 N–H and O–H groups in total. The number of nitrogens with one attached hydrogen (secondary N) is 1. The Balaban J connectivity index is 2.00. The number of rotatable bonds is 10. The Morgan fingerprint density at radius 2 is 1.49 bits per heavy atom. The van der Waals surface area contributed by atoms with Gasteiger partial charge in [-0.1, -0.05) is 103 Å². The van der Waals surface area contributed by atoms with Crippen LogP contribution in [-0.2, 0) is 29.0 Å². The molecule has 0 saturated heterocycles. The second kappa shape index (κ2) is 12.8. The van der Waals surface area contributed by atoms with Crippen molar-refractivity contribution in [3.63, 3.8) is 0 Å². The Kier molecular flexibility index (Phi) is 9.76. The number of hydrogen-bond acceptors (Lipinski definition) is 2. The summed E-state index contributed by atoms with van der Waals surface area (Å²) in [6.45, 7) is 6.74. The smallest absolute Gasteiger partial charge is 0.243 e. The van der Waals surface area contributed by atoms with Gasteiger partial charge < -0.3 is 10.2 Å². The highest BCUT2D eigenvalue weighted by Crippen LogP contribution is 2.27. The molecule has 3 aromatic rings. The summed E-state index contributed by atoms with van der Waals surface area (Å²) in [6, 6.07) is 22.1. The highest BCUT2D eigenvalue weighted by Gasteiger charge is 2.31. The fraction of sp³-hybridized carbons (Fsp3) is 0.310. The number of halogens is 2. The van der Waals surface area contributed by atoms with Gasteiger partial charge in [0, 0.05) is 35.1 Å². The SMILES string of the molecule is Cc1ccc(CC(=O)N(Cc2c(Cl)cccc2Cl)[C@@H](Cc2ccccc2)C(=O)NCC(C)C)cc1. The summed E-state index contributed by atoms with van der Waals surface area (Å²) in [5.41, 5.74) is 3.60. The third-order valence-electron chi connectivity index (χ3n) is 5.82. The zero-order valence-electron chi connectivity index (χ0n) is 20.4. The quantitative estimate of drug-likeness (QED) is 0.350. The van der Waals surface area contributed by atoms with E-state index in [1.807, 2.05) is 75.4 Å². The van der Waals surface area contributed by atoms with Crippen molar-refractivity contribution in [1.82, 2.24) is 10.2 Å². The van der Waals surface area contributed by atoms with Gasteiger partial charge in [-0.05, 0) is 36.1 Å². The first-order chi connectivity index (χ1) is 16.7. The van der Waals surface area contributed by atoms with Gasteiger partial charge in [0.05, 0.1) is 6.42 Å². The van der Waals surface area contributed by atoms with Crippen molar-refractivity contribution in [3.8, 4) is 0 Å². The van der Waals surface area contributed by atoms with Gasteiger partial charge in [0.2, 0.25) is 11.8 Å². The van der Waals surface area contributed by atoms with Crippen LogP contribution in [0.25, 0.3) is 0 Å². The van der Waals surface area contributed by atoms with Gasteiger partial charge >= 0.3 is 0 Å². The van der Waals surface area contributed by atoms with Crippen LogP contribution in [0.5, 0.6) is 0 Å². The highest BCUT2D eigenvalue weighted by atomic mass is 35.5. The highest BCUT2D eigenvalue weighted by molar-refractivity contribution is 6.36. The Morgan fingerprint density at radius 1 is 0.857 bits per heavy atom. The Bertz CT molecular complexity index is 1110. The van der Waals surface area contributed by atoms with Crippen molar-refractivity contribution >= 4 is 35.0 Å². The fourth-order valence-electron chi connectivity index (χ4n) is 3.81. The molecule has 0 heterocycles. The summed E-state index contributed by atoms with van der Waals surface area (Å²) in [5, 5.41) is 3.95. The first-order valence-corrected chi connectivity index (χ1v) is 12.6. The number of aryl methyl sites for hydroxylation is 1. The lowest BCUT2D eigenvalue weighted by Crippen LogP contribution is -2.51. The maximum Gasteiger partial charge on any atom is 0.243 e. The molecule has 0 bridgehead atoms. The van der Waals surface area contributed by atoms with Gasteiger partial charge in [-0.15, -0.1) is 0 Å². The zero-order chi connectivity index (χ0) is 25.4. The largest absolute Gasteiger partial charge is 0.354 e. The Labute approximate surface area is 218 Å². The molecule has 0 aromatic heterocycles. The molecule has 0 unspecified atom stereocenters. The predicted octanol–water partition coefficient (Wildman–Crippen LogP) is 6.26. The molecule has 0 aliphatic carbocycles. The van der Waals surface area contributed by atoms with Gasteiger partial charge in [0.1, 0.15) is 6.04 Å². The standard InChI is InChI=1S/C29H32Cl2N2O2/c1-20(2)18-32-29(35)27(16-22-8-5-4-6-9-22)33(19-24-25(30)10-7-11-26(24)31)28(34)17-23-14-12-21(3)13-15-23/h4-15,20,27H,16-19H2,1-3H3,(H,32,35)/t27-/m0/s1. The monoisotopic (exact) mass is 510 g/mol. The lowest BCUT2D eigenvalue weighted by Gasteiger charge is -2.32. The lowest BCUT2D eigenvalue weighted by molar-refractivity contribution is -0.140. The summed E-state index contributed by atoms with van der Waals surface area (Å²) in [7, 11) is 0. The van der Waals surface area contributed by atoms with E-state index in [0.29, 0.717) is 28.6 Å².